The van der Waals surface area contributed by atoms with Gasteiger partial charge in [0.15, 0.2) is 8.32 Å². The molecule has 0 unspecified atom stereocenters. The standard InChI is InChI=1S/C34H56O4Si2/c1-14-19-35-33-29-16-15-17-31(38-39(12,13)34(9,10)11)30(29)22-27-21-28(37-26(8)32(27)33)18-20-36-40(23(2)3,24(4)5)25(6)7/h14-17,22-26,28H,1,18-21H2,2-13H3/t26-,28-/m0/s1. The van der Waals surface area contributed by atoms with Crippen molar-refractivity contribution in [3.05, 3.63) is 48.0 Å². The van der Waals surface area contributed by atoms with Crippen molar-refractivity contribution in [2.45, 2.75) is 129 Å². The number of fused-ring (bicyclic) bond motifs is 2. The summed E-state index contributed by atoms with van der Waals surface area (Å²) in [5, 5.41) is 2.31. The lowest BCUT2D eigenvalue weighted by Gasteiger charge is -2.42. The minimum atomic E-state index is -2.03. The molecule has 0 amide bonds. The lowest BCUT2D eigenvalue weighted by Crippen LogP contribution is -2.48. The average Bonchev–Trinajstić information content (AvgIpc) is 2.83. The zero-order valence-corrected chi connectivity index (χ0v) is 29.4. The molecular formula is C34H56O4Si2. The first-order valence-corrected chi connectivity index (χ1v) is 20.4. The predicted molar refractivity (Wildman–Crippen MR) is 176 cm³/mol. The Kier molecular flexibility index (Phi) is 10.5. The fourth-order valence-corrected chi connectivity index (χ4v) is 13.1. The summed E-state index contributed by atoms with van der Waals surface area (Å²) in [7, 11) is -3.93. The highest BCUT2D eigenvalue weighted by molar-refractivity contribution is 6.77. The van der Waals surface area contributed by atoms with Gasteiger partial charge in [-0.2, -0.15) is 0 Å². The predicted octanol–water partition coefficient (Wildman–Crippen LogP) is 10.4. The monoisotopic (exact) mass is 584 g/mol. The number of ether oxygens (including phenoxy) is 2. The Morgan fingerprint density at radius 3 is 2.20 bits per heavy atom. The van der Waals surface area contributed by atoms with E-state index in [1.165, 1.54) is 5.56 Å². The Morgan fingerprint density at radius 1 is 1.02 bits per heavy atom. The summed E-state index contributed by atoms with van der Waals surface area (Å²) < 4.78 is 26.8. The second-order valence-corrected chi connectivity index (χ2v) is 24.3. The fourth-order valence-electron chi connectivity index (χ4n) is 6.55. The van der Waals surface area contributed by atoms with Crippen LogP contribution in [0, 0.1) is 0 Å². The van der Waals surface area contributed by atoms with E-state index in [2.05, 4.69) is 113 Å². The van der Waals surface area contributed by atoms with Crippen LogP contribution in [0.5, 0.6) is 11.5 Å². The molecule has 0 aliphatic carbocycles. The van der Waals surface area contributed by atoms with Crippen LogP contribution >= 0.6 is 0 Å². The Morgan fingerprint density at radius 2 is 1.65 bits per heavy atom. The van der Waals surface area contributed by atoms with Crippen molar-refractivity contribution in [1.29, 1.82) is 0 Å². The van der Waals surface area contributed by atoms with Gasteiger partial charge in [0.25, 0.3) is 8.32 Å². The van der Waals surface area contributed by atoms with Gasteiger partial charge < -0.3 is 18.3 Å². The highest BCUT2D eigenvalue weighted by Gasteiger charge is 2.45. The van der Waals surface area contributed by atoms with E-state index in [4.69, 9.17) is 18.3 Å². The van der Waals surface area contributed by atoms with Crippen LogP contribution in [-0.2, 0) is 15.6 Å². The van der Waals surface area contributed by atoms with Crippen LogP contribution in [-0.4, -0.2) is 36.0 Å². The summed E-state index contributed by atoms with van der Waals surface area (Å²) in [6, 6.07) is 8.69. The molecule has 4 nitrogen and oxygen atoms in total. The van der Waals surface area contributed by atoms with Gasteiger partial charge in [-0.1, -0.05) is 87.1 Å². The topological polar surface area (TPSA) is 36.9 Å². The lowest BCUT2D eigenvalue weighted by atomic mass is 9.89. The zero-order valence-electron chi connectivity index (χ0n) is 27.4. The molecule has 3 rings (SSSR count). The maximum Gasteiger partial charge on any atom is 0.250 e. The van der Waals surface area contributed by atoms with Gasteiger partial charge >= 0.3 is 0 Å². The van der Waals surface area contributed by atoms with Crippen LogP contribution in [0.2, 0.25) is 34.8 Å². The first kappa shape index (κ1) is 32.9. The lowest BCUT2D eigenvalue weighted by molar-refractivity contribution is -0.0270. The summed E-state index contributed by atoms with van der Waals surface area (Å²) in [6.45, 7) is 32.8. The molecule has 2 aromatic carbocycles. The average molecular weight is 585 g/mol. The van der Waals surface area contributed by atoms with Gasteiger partial charge in [-0.25, -0.2) is 0 Å². The first-order chi connectivity index (χ1) is 18.6. The van der Waals surface area contributed by atoms with Crippen molar-refractivity contribution in [2.75, 3.05) is 13.2 Å². The van der Waals surface area contributed by atoms with Gasteiger partial charge in [0.2, 0.25) is 0 Å². The minimum absolute atomic E-state index is 0.0646. The second kappa shape index (κ2) is 12.7. The van der Waals surface area contributed by atoms with Gasteiger partial charge in [-0.3, -0.25) is 0 Å². The van der Waals surface area contributed by atoms with E-state index in [1.807, 2.05) is 6.08 Å². The van der Waals surface area contributed by atoms with Crippen molar-refractivity contribution < 1.29 is 18.3 Å². The summed E-state index contributed by atoms with van der Waals surface area (Å²) in [5.41, 5.74) is 4.19. The number of hydrogen-bond acceptors (Lipinski definition) is 4. The Hall–Kier alpha value is -1.61. The quantitative estimate of drug-likeness (QED) is 0.184. The van der Waals surface area contributed by atoms with Crippen LogP contribution in [0.25, 0.3) is 10.8 Å². The fraction of sp³-hybridized carbons (Fsp3) is 0.647. The van der Waals surface area contributed by atoms with Gasteiger partial charge in [0, 0.05) is 22.9 Å². The van der Waals surface area contributed by atoms with Crippen molar-refractivity contribution in [2.24, 2.45) is 0 Å². The largest absolute Gasteiger partial charge is 0.543 e. The molecule has 1 aliphatic rings. The third-order valence-electron chi connectivity index (χ3n) is 9.49. The molecule has 1 heterocycles. The molecule has 2 atom stereocenters. The molecule has 40 heavy (non-hydrogen) atoms. The molecule has 0 bridgehead atoms. The molecule has 0 aromatic heterocycles. The molecule has 0 fully saturated rings. The van der Waals surface area contributed by atoms with Crippen molar-refractivity contribution in [3.63, 3.8) is 0 Å². The van der Waals surface area contributed by atoms with Gasteiger partial charge in [-0.05, 0) is 72.2 Å². The van der Waals surface area contributed by atoms with Crippen LogP contribution in [0.4, 0.5) is 0 Å². The van der Waals surface area contributed by atoms with E-state index in [0.717, 1.165) is 47.3 Å². The van der Waals surface area contributed by atoms with Crippen LogP contribution < -0.4 is 9.16 Å². The zero-order chi connectivity index (χ0) is 30.0. The summed E-state index contributed by atoms with van der Waals surface area (Å²) >= 11 is 0. The van der Waals surface area contributed by atoms with E-state index >= 15 is 0 Å². The highest BCUT2D eigenvalue weighted by Crippen LogP contribution is 2.47. The van der Waals surface area contributed by atoms with E-state index in [1.54, 1.807) is 0 Å². The van der Waals surface area contributed by atoms with E-state index < -0.39 is 16.6 Å². The van der Waals surface area contributed by atoms with E-state index in [-0.39, 0.29) is 17.2 Å². The third kappa shape index (κ3) is 6.56. The van der Waals surface area contributed by atoms with Crippen molar-refractivity contribution in [1.82, 2.24) is 0 Å². The highest BCUT2D eigenvalue weighted by atomic mass is 28.4. The summed E-state index contributed by atoms with van der Waals surface area (Å²) in [6.07, 6.45) is 3.60. The minimum Gasteiger partial charge on any atom is -0.543 e. The van der Waals surface area contributed by atoms with Gasteiger partial charge in [0.05, 0.1) is 12.2 Å². The van der Waals surface area contributed by atoms with Crippen molar-refractivity contribution in [3.8, 4) is 11.5 Å². The summed E-state index contributed by atoms with van der Waals surface area (Å²) in [5.74, 6) is 1.86. The molecule has 0 saturated heterocycles. The molecule has 0 spiro atoms. The Labute approximate surface area is 247 Å². The van der Waals surface area contributed by atoms with E-state index in [0.29, 0.717) is 23.2 Å². The van der Waals surface area contributed by atoms with Crippen LogP contribution in [0.15, 0.2) is 36.9 Å². The van der Waals surface area contributed by atoms with Gasteiger partial charge in [0.1, 0.15) is 18.1 Å². The number of rotatable bonds is 12. The molecule has 0 N–H and O–H groups in total. The maximum atomic E-state index is 6.90. The third-order valence-corrected chi connectivity index (χ3v) is 19.9. The second-order valence-electron chi connectivity index (χ2n) is 14.2. The molecular weight excluding hydrogens is 529 g/mol. The Balaban J connectivity index is 1.98. The first-order valence-electron chi connectivity index (χ1n) is 15.4. The molecule has 2 aromatic rings. The normalized spacial score (nSPS) is 18.5. The SMILES string of the molecule is C=CCOc1c2c(cc3c(O[Si](C)(C)C(C)(C)C)cccc13)C[C@H](CCO[Si](C(C)C)(C(C)C)C(C)C)O[C@H]2C. The van der Waals surface area contributed by atoms with E-state index in [9.17, 15) is 0 Å². The molecule has 0 saturated carbocycles. The Bertz CT molecular complexity index is 1140. The maximum absolute atomic E-state index is 6.90. The van der Waals surface area contributed by atoms with Crippen molar-refractivity contribution >= 4 is 27.4 Å². The molecule has 6 heteroatoms. The molecule has 224 valence electrons. The molecule has 0 radical (unpaired) electrons. The van der Waals surface area contributed by atoms with Crippen LogP contribution in [0.3, 0.4) is 0 Å². The summed E-state index contributed by atoms with van der Waals surface area (Å²) in [4.78, 5) is 0. The van der Waals surface area contributed by atoms with Gasteiger partial charge in [-0.15, -0.1) is 0 Å². The van der Waals surface area contributed by atoms with Crippen LogP contribution in [0.1, 0.15) is 92.9 Å². The molecule has 1 aliphatic heterocycles. The number of hydrogen-bond donors (Lipinski definition) is 0. The smallest absolute Gasteiger partial charge is 0.250 e. The number of benzene rings is 2.